The van der Waals surface area contributed by atoms with E-state index in [1.165, 1.54) is 22.5 Å². The van der Waals surface area contributed by atoms with E-state index in [0.717, 1.165) is 9.44 Å². The Morgan fingerprint density at radius 2 is 2.00 bits per heavy atom. The lowest BCUT2D eigenvalue weighted by atomic mass is 10.0. The Bertz CT molecular complexity index is 1060. The van der Waals surface area contributed by atoms with Crippen LogP contribution in [0.25, 0.3) is 11.2 Å². The third-order valence-electron chi connectivity index (χ3n) is 4.36. The fourth-order valence-electron chi connectivity index (χ4n) is 2.93. The predicted octanol–water partition coefficient (Wildman–Crippen LogP) is 1.01. The number of hydrogen-bond acceptors (Lipinski definition) is 5. The van der Waals surface area contributed by atoms with Crippen molar-refractivity contribution in [3.05, 3.63) is 49.6 Å². The van der Waals surface area contributed by atoms with Crippen LogP contribution in [0.1, 0.15) is 24.8 Å². The van der Waals surface area contributed by atoms with Crippen molar-refractivity contribution >= 4 is 28.4 Å². The third-order valence-corrected chi connectivity index (χ3v) is 5.32. The van der Waals surface area contributed by atoms with Gasteiger partial charge < -0.3 is 9.88 Å². The Labute approximate surface area is 153 Å². The summed E-state index contributed by atoms with van der Waals surface area (Å²) >= 11 is 1.59. The van der Waals surface area contributed by atoms with E-state index in [1.807, 2.05) is 31.4 Å². The summed E-state index contributed by atoms with van der Waals surface area (Å²) in [5.74, 6) is 0.0122. The van der Waals surface area contributed by atoms with Crippen molar-refractivity contribution in [2.45, 2.75) is 26.4 Å². The summed E-state index contributed by atoms with van der Waals surface area (Å²) < 4.78 is 3.80. The van der Waals surface area contributed by atoms with E-state index in [9.17, 15) is 14.4 Å². The largest absolute Gasteiger partial charge is 0.347 e. The highest BCUT2D eigenvalue weighted by molar-refractivity contribution is 7.10. The second kappa shape index (κ2) is 6.91. The zero-order valence-electron chi connectivity index (χ0n) is 15.1. The number of carbonyl (C=O) groups is 1. The van der Waals surface area contributed by atoms with Crippen LogP contribution in [0.4, 0.5) is 0 Å². The molecule has 1 N–H and O–H groups in total. The van der Waals surface area contributed by atoms with Crippen LogP contribution >= 0.6 is 11.3 Å². The fraction of sp³-hybridized carbons (Fsp3) is 0.412. The molecule has 0 fully saturated rings. The predicted molar refractivity (Wildman–Crippen MR) is 100 cm³/mol. The summed E-state index contributed by atoms with van der Waals surface area (Å²) in [6.07, 6.45) is 1.42. The van der Waals surface area contributed by atoms with Crippen molar-refractivity contribution < 1.29 is 4.79 Å². The number of hydrogen-bond donors (Lipinski definition) is 1. The number of carbonyl (C=O) groups excluding carboxylic acids is 1. The molecule has 8 nitrogen and oxygen atoms in total. The molecule has 0 radical (unpaired) electrons. The van der Waals surface area contributed by atoms with Crippen molar-refractivity contribution in [3.63, 3.8) is 0 Å². The molecule has 26 heavy (non-hydrogen) atoms. The average molecular weight is 375 g/mol. The van der Waals surface area contributed by atoms with Gasteiger partial charge in [-0.05, 0) is 17.4 Å². The lowest BCUT2D eigenvalue weighted by Crippen LogP contribution is -2.38. The first-order valence-corrected chi connectivity index (χ1v) is 9.12. The Hall–Kier alpha value is -2.68. The zero-order valence-corrected chi connectivity index (χ0v) is 15.9. The topological polar surface area (TPSA) is 90.9 Å². The molecule has 0 bridgehead atoms. The number of thiophene rings is 1. The van der Waals surface area contributed by atoms with Gasteiger partial charge in [-0.15, -0.1) is 11.3 Å². The fourth-order valence-corrected chi connectivity index (χ4v) is 3.87. The van der Waals surface area contributed by atoms with Crippen LogP contribution in [0, 0.1) is 5.92 Å². The standard InChI is InChI=1S/C17H21N5O3S/c1-10(2)13(11-6-5-7-26-11)19-12(23)8-22-9-18-15-14(22)16(24)21(4)17(25)20(15)3/h5-7,9-10,13H,8H2,1-4H3,(H,19,23)/t13-/m1/s1. The Morgan fingerprint density at radius 3 is 2.62 bits per heavy atom. The summed E-state index contributed by atoms with van der Waals surface area (Å²) in [7, 11) is 2.96. The Kier molecular flexibility index (Phi) is 4.82. The van der Waals surface area contributed by atoms with Crippen LogP contribution in [0.3, 0.4) is 0 Å². The number of aryl methyl sites for hydroxylation is 1. The maximum absolute atomic E-state index is 12.6. The molecule has 0 aromatic carbocycles. The summed E-state index contributed by atoms with van der Waals surface area (Å²) in [5.41, 5.74) is -0.409. The van der Waals surface area contributed by atoms with Gasteiger partial charge in [-0.3, -0.25) is 18.7 Å². The first-order valence-electron chi connectivity index (χ1n) is 8.25. The molecule has 0 unspecified atom stereocenters. The van der Waals surface area contributed by atoms with Crippen LogP contribution in [-0.2, 0) is 25.4 Å². The number of fused-ring (bicyclic) bond motifs is 1. The number of aromatic nitrogens is 4. The highest BCUT2D eigenvalue weighted by Gasteiger charge is 2.21. The van der Waals surface area contributed by atoms with Crippen LogP contribution in [-0.4, -0.2) is 24.6 Å². The van der Waals surface area contributed by atoms with Crippen LogP contribution in [0.5, 0.6) is 0 Å². The van der Waals surface area contributed by atoms with Crippen molar-refractivity contribution in [1.82, 2.24) is 24.0 Å². The Morgan fingerprint density at radius 1 is 1.27 bits per heavy atom. The van der Waals surface area contributed by atoms with Gasteiger partial charge in [0.25, 0.3) is 5.56 Å². The van der Waals surface area contributed by atoms with Gasteiger partial charge in [-0.25, -0.2) is 9.78 Å². The summed E-state index contributed by atoms with van der Waals surface area (Å²) in [5, 5.41) is 5.00. The molecule has 3 aromatic heterocycles. The number of nitrogens with one attached hydrogen (secondary N) is 1. The molecule has 3 aromatic rings. The van der Waals surface area contributed by atoms with E-state index >= 15 is 0 Å². The van der Waals surface area contributed by atoms with Gasteiger partial charge in [-0.2, -0.15) is 0 Å². The van der Waals surface area contributed by atoms with E-state index in [-0.39, 0.29) is 35.6 Å². The normalized spacial score (nSPS) is 12.7. The van der Waals surface area contributed by atoms with Gasteiger partial charge in [0.05, 0.1) is 12.4 Å². The number of rotatable bonds is 5. The maximum Gasteiger partial charge on any atom is 0.332 e. The molecule has 1 amide bonds. The molecule has 1 atom stereocenters. The minimum Gasteiger partial charge on any atom is -0.347 e. The SMILES string of the molecule is CC(C)[C@@H](NC(=O)Cn1cnc2c1c(=O)n(C)c(=O)n2C)c1cccs1. The first kappa shape index (κ1) is 18.1. The average Bonchev–Trinajstić information content (AvgIpc) is 3.25. The number of imidazole rings is 1. The molecule has 0 aliphatic heterocycles. The van der Waals surface area contributed by atoms with Gasteiger partial charge in [0, 0.05) is 19.0 Å². The van der Waals surface area contributed by atoms with Crippen molar-refractivity contribution in [2.24, 2.45) is 20.0 Å². The van der Waals surface area contributed by atoms with Crippen molar-refractivity contribution in [3.8, 4) is 0 Å². The molecule has 9 heteroatoms. The minimum absolute atomic E-state index is 0.0431. The first-order chi connectivity index (χ1) is 12.3. The van der Waals surface area contributed by atoms with E-state index < -0.39 is 11.2 Å². The maximum atomic E-state index is 12.6. The quantitative estimate of drug-likeness (QED) is 0.720. The second-order valence-corrected chi connectivity index (χ2v) is 7.53. The molecular formula is C17H21N5O3S. The molecule has 3 heterocycles. The highest BCUT2D eigenvalue weighted by Crippen LogP contribution is 2.25. The minimum atomic E-state index is -0.466. The molecule has 0 aliphatic carbocycles. The lowest BCUT2D eigenvalue weighted by molar-refractivity contribution is -0.122. The van der Waals surface area contributed by atoms with Gasteiger partial charge in [0.1, 0.15) is 6.54 Å². The monoisotopic (exact) mass is 375 g/mol. The van der Waals surface area contributed by atoms with Gasteiger partial charge in [0.15, 0.2) is 11.2 Å². The molecule has 0 aliphatic rings. The lowest BCUT2D eigenvalue weighted by Gasteiger charge is -2.21. The molecule has 138 valence electrons. The van der Waals surface area contributed by atoms with E-state index in [4.69, 9.17) is 0 Å². The smallest absolute Gasteiger partial charge is 0.332 e. The summed E-state index contributed by atoms with van der Waals surface area (Å²) in [4.78, 5) is 42.2. The van der Waals surface area contributed by atoms with E-state index in [0.29, 0.717) is 0 Å². The zero-order chi connectivity index (χ0) is 19.0. The second-order valence-electron chi connectivity index (χ2n) is 6.56. The molecule has 0 spiro atoms. The number of nitrogens with zero attached hydrogens (tertiary/aromatic N) is 4. The van der Waals surface area contributed by atoms with Crippen molar-refractivity contribution in [2.75, 3.05) is 0 Å². The third kappa shape index (κ3) is 3.10. The van der Waals surface area contributed by atoms with Gasteiger partial charge in [-0.1, -0.05) is 19.9 Å². The molecule has 0 saturated carbocycles. The van der Waals surface area contributed by atoms with Gasteiger partial charge in [0.2, 0.25) is 5.91 Å². The van der Waals surface area contributed by atoms with Crippen LogP contribution < -0.4 is 16.6 Å². The number of amides is 1. The van der Waals surface area contributed by atoms with Crippen LogP contribution in [0.2, 0.25) is 0 Å². The summed E-state index contributed by atoms with van der Waals surface area (Å²) in [6, 6.07) is 3.85. The van der Waals surface area contributed by atoms with Gasteiger partial charge >= 0.3 is 5.69 Å². The summed E-state index contributed by atoms with van der Waals surface area (Å²) in [6.45, 7) is 4.05. The Balaban J connectivity index is 1.91. The van der Waals surface area contributed by atoms with E-state index in [1.54, 1.807) is 18.4 Å². The molecule has 0 saturated heterocycles. The van der Waals surface area contributed by atoms with Crippen molar-refractivity contribution in [1.29, 1.82) is 0 Å². The molecular weight excluding hydrogens is 354 g/mol. The van der Waals surface area contributed by atoms with E-state index in [2.05, 4.69) is 10.3 Å². The van der Waals surface area contributed by atoms with Crippen LogP contribution in [0.15, 0.2) is 33.4 Å². The molecule has 3 rings (SSSR count). The highest BCUT2D eigenvalue weighted by atomic mass is 32.1.